The average molecular weight is 230 g/mol. The van der Waals surface area contributed by atoms with Crippen molar-refractivity contribution in [1.29, 1.82) is 0 Å². The summed E-state index contributed by atoms with van der Waals surface area (Å²) in [5.74, 6) is -0.891. The van der Waals surface area contributed by atoms with Gasteiger partial charge < -0.3 is 5.11 Å². The summed E-state index contributed by atoms with van der Waals surface area (Å²) in [6.45, 7) is 1.66. The molecular formula is C4H6NdO2. The first-order valence-electron chi connectivity index (χ1n) is 1.63. The minimum absolute atomic E-state index is 0. The Morgan fingerprint density at radius 1 is 1.71 bits per heavy atom. The molecule has 38 valence electrons. The normalized spacial score (nSPS) is 8.14. The topological polar surface area (TPSA) is 37.3 Å². The molecule has 0 aromatic carbocycles. The average Bonchev–Trinajstić information content (AvgIpc) is 1.35. The van der Waals surface area contributed by atoms with Crippen molar-refractivity contribution in [3.05, 3.63) is 12.2 Å². The molecule has 0 radical (unpaired) electrons. The van der Waals surface area contributed by atoms with Gasteiger partial charge in [0.15, 0.2) is 0 Å². The summed E-state index contributed by atoms with van der Waals surface area (Å²) in [4.78, 5) is 9.51. The van der Waals surface area contributed by atoms with E-state index in [1.807, 2.05) is 0 Å². The van der Waals surface area contributed by atoms with Gasteiger partial charge in [-0.2, -0.15) is 0 Å². The third-order valence-electron chi connectivity index (χ3n) is 0.309. The van der Waals surface area contributed by atoms with Crippen LogP contribution in [0.5, 0.6) is 0 Å². The molecule has 0 spiro atoms. The Kier molecular flexibility index (Phi) is 9.86. The zero-order valence-electron chi connectivity index (χ0n) is 4.01. The minimum Gasteiger partial charge on any atom is -0.478 e. The Bertz CT molecular complexity index is 77.8. The predicted molar refractivity (Wildman–Crippen MR) is 22.4 cm³/mol. The molecular weight excluding hydrogens is 224 g/mol. The van der Waals surface area contributed by atoms with Gasteiger partial charge in [-0.25, -0.2) is 4.79 Å². The first-order chi connectivity index (χ1) is 2.77. The summed E-state index contributed by atoms with van der Waals surface area (Å²) >= 11 is 0. The van der Waals surface area contributed by atoms with Crippen LogP contribution in [-0.2, 0) is 4.79 Å². The van der Waals surface area contributed by atoms with Crippen molar-refractivity contribution < 1.29 is 50.7 Å². The van der Waals surface area contributed by atoms with Crippen LogP contribution in [0.4, 0.5) is 0 Å². The number of carboxylic acid groups (broad SMARTS) is 1. The number of allylic oxidation sites excluding steroid dienone is 1. The number of hydrogen-bond donors (Lipinski definition) is 1. The van der Waals surface area contributed by atoms with E-state index in [1.54, 1.807) is 6.92 Å². The zero-order chi connectivity index (χ0) is 4.99. The fraction of sp³-hybridized carbons (Fsp3) is 0.250. The molecule has 0 aromatic rings. The molecule has 3 heteroatoms. The summed E-state index contributed by atoms with van der Waals surface area (Å²) in [6.07, 6.45) is 2.56. The van der Waals surface area contributed by atoms with Crippen molar-refractivity contribution in [1.82, 2.24) is 0 Å². The maximum Gasteiger partial charge on any atom is 0.327 e. The van der Waals surface area contributed by atoms with E-state index < -0.39 is 5.97 Å². The molecule has 0 atom stereocenters. The van der Waals surface area contributed by atoms with Crippen molar-refractivity contribution in [2.24, 2.45) is 0 Å². The number of rotatable bonds is 1. The van der Waals surface area contributed by atoms with Crippen LogP contribution in [0.2, 0.25) is 0 Å². The van der Waals surface area contributed by atoms with Crippen molar-refractivity contribution in [3.63, 3.8) is 0 Å². The Hall–Kier alpha value is 0.561. The van der Waals surface area contributed by atoms with Crippen LogP contribution in [0.3, 0.4) is 0 Å². The quantitative estimate of drug-likeness (QED) is 0.672. The number of carbonyl (C=O) groups is 1. The van der Waals surface area contributed by atoms with Gasteiger partial charge in [0.25, 0.3) is 0 Å². The smallest absolute Gasteiger partial charge is 0.327 e. The summed E-state index contributed by atoms with van der Waals surface area (Å²) in [7, 11) is 0. The first-order valence-corrected chi connectivity index (χ1v) is 1.63. The van der Waals surface area contributed by atoms with Gasteiger partial charge in [-0.1, -0.05) is 6.08 Å². The molecule has 2 nitrogen and oxygen atoms in total. The fourth-order valence-corrected chi connectivity index (χ4v) is 0.143. The predicted octanol–water partition coefficient (Wildman–Crippen LogP) is 0.647. The molecule has 0 aliphatic heterocycles. The Morgan fingerprint density at radius 2 is 2.14 bits per heavy atom. The molecule has 1 N–H and O–H groups in total. The molecule has 7 heavy (non-hydrogen) atoms. The van der Waals surface area contributed by atoms with Gasteiger partial charge in [0.2, 0.25) is 0 Å². The van der Waals surface area contributed by atoms with Gasteiger partial charge in [0.05, 0.1) is 0 Å². The zero-order valence-corrected chi connectivity index (χ0v) is 7.22. The standard InChI is InChI=1S/C4H6O2.Nd/c1-2-3-4(5)6;/h2-3H,1H3,(H,5,6);. The van der Waals surface area contributed by atoms with E-state index in [4.69, 9.17) is 5.11 Å². The van der Waals surface area contributed by atoms with Crippen LogP contribution in [-0.4, -0.2) is 11.1 Å². The molecule has 0 heterocycles. The Balaban J connectivity index is 0. The number of hydrogen-bond acceptors (Lipinski definition) is 1. The van der Waals surface area contributed by atoms with Crippen LogP contribution in [0.25, 0.3) is 0 Å². The molecule has 0 rings (SSSR count). The van der Waals surface area contributed by atoms with Crippen LogP contribution < -0.4 is 0 Å². The van der Waals surface area contributed by atoms with Crippen molar-refractivity contribution in [3.8, 4) is 0 Å². The maximum absolute atomic E-state index is 9.51. The van der Waals surface area contributed by atoms with Crippen molar-refractivity contribution in [2.75, 3.05) is 0 Å². The molecule has 0 unspecified atom stereocenters. The van der Waals surface area contributed by atoms with Crippen LogP contribution >= 0.6 is 0 Å². The van der Waals surface area contributed by atoms with Gasteiger partial charge in [-0.15, -0.1) is 0 Å². The fourth-order valence-electron chi connectivity index (χ4n) is 0.143. The van der Waals surface area contributed by atoms with Crippen molar-refractivity contribution >= 4 is 5.97 Å². The van der Waals surface area contributed by atoms with E-state index in [2.05, 4.69) is 0 Å². The number of aliphatic carboxylic acids is 1. The van der Waals surface area contributed by atoms with Crippen LogP contribution in [0.15, 0.2) is 12.2 Å². The van der Waals surface area contributed by atoms with Crippen LogP contribution in [0.1, 0.15) is 6.92 Å². The second-order valence-corrected chi connectivity index (χ2v) is 0.838. The largest absolute Gasteiger partial charge is 0.478 e. The van der Waals surface area contributed by atoms with Crippen molar-refractivity contribution in [2.45, 2.75) is 6.92 Å². The summed E-state index contributed by atoms with van der Waals surface area (Å²) in [5, 5.41) is 7.83. The van der Waals surface area contributed by atoms with E-state index in [0.29, 0.717) is 0 Å². The third kappa shape index (κ3) is 10.8. The van der Waals surface area contributed by atoms with Gasteiger partial charge in [-0.05, 0) is 6.92 Å². The van der Waals surface area contributed by atoms with E-state index in [9.17, 15) is 4.79 Å². The summed E-state index contributed by atoms with van der Waals surface area (Å²) in [6, 6.07) is 0. The van der Waals surface area contributed by atoms with E-state index in [1.165, 1.54) is 6.08 Å². The molecule has 0 saturated heterocycles. The Labute approximate surface area is 75.1 Å². The SMILES string of the molecule is CC=CC(=O)O.[Nd]. The first kappa shape index (κ1) is 10.5. The van der Waals surface area contributed by atoms with Gasteiger partial charge in [0.1, 0.15) is 0 Å². The van der Waals surface area contributed by atoms with E-state index in [-0.39, 0.29) is 40.8 Å². The van der Waals surface area contributed by atoms with Gasteiger partial charge in [0, 0.05) is 46.9 Å². The van der Waals surface area contributed by atoms with Crippen LogP contribution in [0, 0.1) is 40.8 Å². The molecule has 0 saturated carbocycles. The molecule has 0 amide bonds. The molecule has 0 aliphatic rings. The summed E-state index contributed by atoms with van der Waals surface area (Å²) in [5.41, 5.74) is 0. The van der Waals surface area contributed by atoms with Gasteiger partial charge in [-0.3, -0.25) is 0 Å². The summed E-state index contributed by atoms with van der Waals surface area (Å²) < 4.78 is 0. The van der Waals surface area contributed by atoms with E-state index >= 15 is 0 Å². The Morgan fingerprint density at radius 3 is 2.14 bits per heavy atom. The third-order valence-corrected chi connectivity index (χ3v) is 0.309. The maximum atomic E-state index is 9.51. The molecule has 0 aromatic heterocycles. The minimum atomic E-state index is -0.891. The second kappa shape index (κ2) is 6.56. The monoisotopic (exact) mass is 228 g/mol. The second-order valence-electron chi connectivity index (χ2n) is 0.838. The molecule has 0 bridgehead atoms. The molecule has 0 fully saturated rings. The number of carboxylic acids is 1. The molecule has 0 aliphatic carbocycles. The van der Waals surface area contributed by atoms with Gasteiger partial charge >= 0.3 is 5.97 Å². The van der Waals surface area contributed by atoms with E-state index in [0.717, 1.165) is 6.08 Å².